The Morgan fingerprint density at radius 1 is 0.531 bits per heavy atom. The second kappa shape index (κ2) is 17.7. The van der Waals surface area contributed by atoms with Gasteiger partial charge in [-0.25, -0.2) is 0 Å². The maximum Gasteiger partial charge on any atom is 2.00 e. The fourth-order valence-electron chi connectivity index (χ4n) is 4.28. The van der Waals surface area contributed by atoms with Crippen LogP contribution in [-0.4, -0.2) is 37.7 Å². The van der Waals surface area contributed by atoms with Crippen molar-refractivity contribution in [1.82, 2.24) is 0 Å². The molecular formula is C29H42CaO2. The standard InChI is InChI=1S/C29H44O2.Ca/c1-3-5-7-9-11-13-15-24-17-19-28(30)26(21-24)23-27-22-25(18-20-29(27)31)16-14-12-10-8-6-4-2;/h17-22,30-31H,3-16,23H2,1-2H3;/q;+2/p-2. The van der Waals surface area contributed by atoms with E-state index in [1.165, 1.54) is 88.2 Å². The Bertz CT molecular complexity index is 693. The second-order valence-electron chi connectivity index (χ2n) is 9.10. The molecule has 0 saturated carbocycles. The first kappa shape index (κ1) is 29.3. The SMILES string of the molecule is CCCCCCCCc1ccc([O-])c(Cc2cc(CCCCCCCC)ccc2[O-])c1.[Ca+2]. The number of benzene rings is 2. The Kier molecular flexibility index (Phi) is 16.3. The van der Waals surface area contributed by atoms with Crippen LogP contribution in [0, 0.1) is 0 Å². The predicted molar refractivity (Wildman–Crippen MR) is 134 cm³/mol. The van der Waals surface area contributed by atoms with Gasteiger partial charge in [0.1, 0.15) is 0 Å². The van der Waals surface area contributed by atoms with Gasteiger partial charge in [-0.3, -0.25) is 0 Å². The summed E-state index contributed by atoms with van der Waals surface area (Å²) in [5, 5.41) is 24.8. The summed E-state index contributed by atoms with van der Waals surface area (Å²) in [7, 11) is 0. The largest absolute Gasteiger partial charge is 2.00 e. The van der Waals surface area contributed by atoms with E-state index in [1.807, 2.05) is 24.3 Å². The van der Waals surface area contributed by atoms with E-state index >= 15 is 0 Å². The van der Waals surface area contributed by atoms with Gasteiger partial charge in [-0.1, -0.05) is 126 Å². The molecule has 0 aliphatic heterocycles. The third-order valence-corrected chi connectivity index (χ3v) is 6.27. The van der Waals surface area contributed by atoms with Crippen LogP contribution in [0.4, 0.5) is 0 Å². The van der Waals surface area contributed by atoms with Crippen molar-refractivity contribution >= 4 is 37.7 Å². The molecule has 172 valence electrons. The third-order valence-electron chi connectivity index (χ3n) is 6.27. The minimum atomic E-state index is 0. The van der Waals surface area contributed by atoms with Crippen molar-refractivity contribution in [1.29, 1.82) is 0 Å². The van der Waals surface area contributed by atoms with Crippen molar-refractivity contribution in [3.05, 3.63) is 58.7 Å². The Morgan fingerprint density at radius 2 is 0.906 bits per heavy atom. The molecule has 0 atom stereocenters. The fourth-order valence-corrected chi connectivity index (χ4v) is 4.28. The zero-order valence-electron chi connectivity index (χ0n) is 20.6. The molecule has 0 aromatic heterocycles. The molecule has 0 saturated heterocycles. The van der Waals surface area contributed by atoms with E-state index < -0.39 is 0 Å². The monoisotopic (exact) mass is 462 g/mol. The van der Waals surface area contributed by atoms with Crippen molar-refractivity contribution in [2.24, 2.45) is 0 Å². The average molecular weight is 463 g/mol. The van der Waals surface area contributed by atoms with Crippen molar-refractivity contribution in [2.45, 2.75) is 110 Å². The average Bonchev–Trinajstić information content (AvgIpc) is 2.77. The summed E-state index contributed by atoms with van der Waals surface area (Å²) in [6.07, 6.45) is 17.8. The van der Waals surface area contributed by atoms with Crippen molar-refractivity contribution < 1.29 is 10.2 Å². The van der Waals surface area contributed by atoms with E-state index in [4.69, 9.17) is 0 Å². The molecule has 2 aromatic rings. The zero-order valence-corrected chi connectivity index (χ0v) is 22.8. The first-order chi connectivity index (χ1) is 15.1. The van der Waals surface area contributed by atoms with Gasteiger partial charge in [0.15, 0.2) is 0 Å². The van der Waals surface area contributed by atoms with E-state index in [2.05, 4.69) is 13.8 Å². The van der Waals surface area contributed by atoms with Crippen molar-refractivity contribution in [3.8, 4) is 11.5 Å². The predicted octanol–water partition coefficient (Wildman–Crippen LogP) is 6.85. The normalized spacial score (nSPS) is 10.8. The van der Waals surface area contributed by atoms with Crippen LogP contribution in [-0.2, 0) is 19.3 Å². The van der Waals surface area contributed by atoms with E-state index in [0.717, 1.165) is 24.0 Å². The van der Waals surface area contributed by atoms with E-state index in [1.54, 1.807) is 12.1 Å². The van der Waals surface area contributed by atoms with Gasteiger partial charge in [0, 0.05) is 0 Å². The Labute approximate surface area is 226 Å². The van der Waals surface area contributed by atoms with Crippen molar-refractivity contribution in [3.63, 3.8) is 0 Å². The molecule has 2 nitrogen and oxygen atoms in total. The number of hydrogen-bond acceptors (Lipinski definition) is 2. The number of unbranched alkanes of at least 4 members (excludes halogenated alkanes) is 10. The smallest absolute Gasteiger partial charge is 0.872 e. The summed E-state index contributed by atoms with van der Waals surface area (Å²) in [5.74, 6) is 0.0971. The van der Waals surface area contributed by atoms with Crippen LogP contribution in [0.2, 0.25) is 0 Å². The van der Waals surface area contributed by atoms with Crippen LogP contribution in [0.3, 0.4) is 0 Å². The molecule has 0 aliphatic rings. The van der Waals surface area contributed by atoms with Crippen LogP contribution in [0.5, 0.6) is 11.5 Å². The maximum absolute atomic E-state index is 12.4. The van der Waals surface area contributed by atoms with Crippen LogP contribution < -0.4 is 10.2 Å². The number of rotatable bonds is 16. The second-order valence-corrected chi connectivity index (χ2v) is 9.10. The van der Waals surface area contributed by atoms with Crippen LogP contribution in [0.25, 0.3) is 0 Å². The van der Waals surface area contributed by atoms with Gasteiger partial charge in [-0.15, -0.1) is 11.5 Å². The number of aryl methyl sites for hydroxylation is 2. The van der Waals surface area contributed by atoms with Gasteiger partial charge in [-0.2, -0.15) is 0 Å². The quantitative estimate of drug-likeness (QED) is 0.202. The van der Waals surface area contributed by atoms with Gasteiger partial charge in [-0.05, 0) is 43.2 Å². The minimum absolute atomic E-state index is 0. The molecular weight excluding hydrogens is 420 g/mol. The first-order valence-electron chi connectivity index (χ1n) is 12.7. The van der Waals surface area contributed by atoms with Gasteiger partial charge in [0.2, 0.25) is 0 Å². The Balaban J connectivity index is 0.00000512. The van der Waals surface area contributed by atoms with E-state index in [0.29, 0.717) is 6.42 Å². The molecule has 2 aromatic carbocycles. The molecule has 0 spiro atoms. The molecule has 0 aliphatic carbocycles. The molecule has 0 fully saturated rings. The fraction of sp³-hybridized carbons (Fsp3) is 0.586. The van der Waals surface area contributed by atoms with Gasteiger partial charge in [0.05, 0.1) is 0 Å². The molecule has 32 heavy (non-hydrogen) atoms. The third kappa shape index (κ3) is 11.4. The summed E-state index contributed by atoms with van der Waals surface area (Å²) in [4.78, 5) is 0. The maximum atomic E-state index is 12.4. The molecule has 0 unspecified atom stereocenters. The summed E-state index contributed by atoms with van der Waals surface area (Å²) in [5.41, 5.74) is 3.97. The molecule has 0 amide bonds. The molecule has 3 heteroatoms. The van der Waals surface area contributed by atoms with E-state index in [9.17, 15) is 10.2 Å². The summed E-state index contributed by atoms with van der Waals surface area (Å²) in [6.45, 7) is 4.48. The molecule has 0 radical (unpaired) electrons. The molecule has 2 rings (SSSR count). The van der Waals surface area contributed by atoms with Gasteiger partial charge >= 0.3 is 37.7 Å². The topological polar surface area (TPSA) is 46.1 Å². The van der Waals surface area contributed by atoms with Gasteiger partial charge < -0.3 is 10.2 Å². The van der Waals surface area contributed by atoms with Crippen molar-refractivity contribution in [2.75, 3.05) is 0 Å². The molecule has 0 bridgehead atoms. The molecule has 0 N–H and O–H groups in total. The van der Waals surface area contributed by atoms with Crippen LogP contribution in [0.15, 0.2) is 36.4 Å². The summed E-state index contributed by atoms with van der Waals surface area (Å²) in [6, 6.07) is 11.4. The summed E-state index contributed by atoms with van der Waals surface area (Å²) < 4.78 is 0. The van der Waals surface area contributed by atoms with Gasteiger partial charge in [0.25, 0.3) is 0 Å². The summed E-state index contributed by atoms with van der Waals surface area (Å²) >= 11 is 0. The Hall–Kier alpha value is -0.700. The molecule has 0 heterocycles. The minimum Gasteiger partial charge on any atom is -0.872 e. The Morgan fingerprint density at radius 3 is 1.31 bits per heavy atom. The first-order valence-corrected chi connectivity index (χ1v) is 12.7. The van der Waals surface area contributed by atoms with Crippen LogP contribution >= 0.6 is 0 Å². The van der Waals surface area contributed by atoms with Crippen LogP contribution in [0.1, 0.15) is 113 Å². The van der Waals surface area contributed by atoms with E-state index in [-0.39, 0.29) is 49.2 Å². The number of hydrogen-bond donors (Lipinski definition) is 0. The zero-order chi connectivity index (χ0) is 22.3.